The molecule has 0 radical (unpaired) electrons. The van der Waals surface area contributed by atoms with Crippen LogP contribution in [0.15, 0.2) is 65.6 Å². The highest BCUT2D eigenvalue weighted by atomic mass is 16.6. The van der Waals surface area contributed by atoms with Gasteiger partial charge in [-0.25, -0.2) is 4.79 Å². The van der Waals surface area contributed by atoms with E-state index in [4.69, 9.17) is 13.9 Å². The van der Waals surface area contributed by atoms with Crippen molar-refractivity contribution in [2.45, 2.75) is 71.5 Å². The predicted octanol–water partition coefficient (Wildman–Crippen LogP) is 7.50. The van der Waals surface area contributed by atoms with Crippen molar-refractivity contribution in [2.75, 3.05) is 0 Å². The van der Waals surface area contributed by atoms with Gasteiger partial charge in [-0.1, -0.05) is 50.6 Å². The first-order valence-corrected chi connectivity index (χ1v) is 11.3. The average Bonchev–Trinajstić information content (AvgIpc) is 3.17. The summed E-state index contributed by atoms with van der Waals surface area (Å²) in [5, 5.41) is 1.01. The van der Waals surface area contributed by atoms with E-state index in [1.165, 1.54) is 24.8 Å². The van der Waals surface area contributed by atoms with Gasteiger partial charge in [0.25, 0.3) is 0 Å². The molecular formula is C28H34O4. The van der Waals surface area contributed by atoms with E-state index >= 15 is 0 Å². The van der Waals surface area contributed by atoms with Crippen LogP contribution in [0.3, 0.4) is 0 Å². The van der Waals surface area contributed by atoms with Gasteiger partial charge in [-0.05, 0) is 64.3 Å². The first-order valence-electron chi connectivity index (χ1n) is 11.3. The molecule has 0 saturated carbocycles. The second kappa shape index (κ2) is 9.64. The van der Waals surface area contributed by atoms with Crippen LogP contribution in [-0.4, -0.2) is 17.2 Å². The average molecular weight is 435 g/mol. The smallest absolute Gasteiger partial charge is 0.330 e. The molecule has 3 aromatic rings. The minimum Gasteiger partial charge on any atom is -0.484 e. The number of rotatable bonds is 10. The third kappa shape index (κ3) is 5.42. The van der Waals surface area contributed by atoms with Crippen LogP contribution in [0, 0.1) is 0 Å². The molecule has 4 heteroatoms. The molecule has 1 aromatic heterocycles. The Balaban J connectivity index is 1.77. The summed E-state index contributed by atoms with van der Waals surface area (Å²) in [6.45, 7) is 13.1. The molecule has 0 saturated heterocycles. The summed E-state index contributed by atoms with van der Waals surface area (Å²) in [5.41, 5.74) is 1.53. The maximum Gasteiger partial charge on any atom is 0.330 e. The molecule has 0 aliphatic carbocycles. The van der Waals surface area contributed by atoms with E-state index in [1.54, 1.807) is 0 Å². The molecular weight excluding hydrogens is 400 g/mol. The van der Waals surface area contributed by atoms with Crippen LogP contribution < -0.4 is 4.74 Å². The number of unbranched alkanes of at least 4 members (excludes halogenated alkanes) is 2. The van der Waals surface area contributed by atoms with Crippen molar-refractivity contribution in [3.05, 3.63) is 66.7 Å². The molecule has 3 rings (SSSR count). The van der Waals surface area contributed by atoms with E-state index in [-0.39, 0.29) is 0 Å². The standard InChI is InChI=1S/C28H34O4/c1-7-9-10-11-20-12-14-21(15-13-20)24-18-22-16-17-23(19-25(22)30-24)31-27(3,4)28(5,6)32-26(29)8-2/h8,12-19H,2,7,9-11H2,1,3-6H3. The van der Waals surface area contributed by atoms with Gasteiger partial charge in [0.05, 0.1) is 0 Å². The molecule has 32 heavy (non-hydrogen) atoms. The zero-order valence-corrected chi connectivity index (χ0v) is 19.9. The number of aryl methyl sites for hydroxylation is 1. The largest absolute Gasteiger partial charge is 0.484 e. The quantitative estimate of drug-likeness (QED) is 0.188. The summed E-state index contributed by atoms with van der Waals surface area (Å²) in [7, 11) is 0. The topological polar surface area (TPSA) is 48.7 Å². The van der Waals surface area contributed by atoms with Gasteiger partial charge in [0, 0.05) is 23.1 Å². The lowest BCUT2D eigenvalue weighted by molar-refractivity contribution is -0.170. The Morgan fingerprint density at radius 1 is 1.00 bits per heavy atom. The Morgan fingerprint density at radius 2 is 1.72 bits per heavy atom. The molecule has 4 nitrogen and oxygen atoms in total. The zero-order chi connectivity index (χ0) is 23.4. The van der Waals surface area contributed by atoms with Crippen molar-refractivity contribution in [3.8, 4) is 17.1 Å². The number of carbonyl (C=O) groups excluding carboxylic acids is 1. The number of benzene rings is 2. The van der Waals surface area contributed by atoms with Gasteiger partial charge in [-0.3, -0.25) is 0 Å². The zero-order valence-electron chi connectivity index (χ0n) is 19.9. The Morgan fingerprint density at radius 3 is 2.38 bits per heavy atom. The molecule has 0 fully saturated rings. The van der Waals surface area contributed by atoms with E-state index in [9.17, 15) is 4.79 Å². The fourth-order valence-corrected chi connectivity index (χ4v) is 3.47. The van der Waals surface area contributed by atoms with Crippen LogP contribution in [0.25, 0.3) is 22.3 Å². The van der Waals surface area contributed by atoms with Crippen molar-refractivity contribution in [1.82, 2.24) is 0 Å². The first kappa shape index (κ1) is 23.6. The van der Waals surface area contributed by atoms with Crippen molar-refractivity contribution in [2.24, 2.45) is 0 Å². The summed E-state index contributed by atoms with van der Waals surface area (Å²) < 4.78 is 17.9. The molecule has 0 aliphatic heterocycles. The number of ether oxygens (including phenoxy) is 2. The highest BCUT2D eigenvalue weighted by Gasteiger charge is 2.42. The fraction of sp³-hybridized carbons (Fsp3) is 0.393. The van der Waals surface area contributed by atoms with E-state index in [2.05, 4.69) is 37.8 Å². The number of hydrogen-bond donors (Lipinski definition) is 0. The van der Waals surface area contributed by atoms with E-state index in [0.29, 0.717) is 5.75 Å². The SMILES string of the molecule is C=CC(=O)OC(C)(C)C(C)(C)Oc1ccc2cc(-c3ccc(CCCCC)cc3)oc2c1. The lowest BCUT2D eigenvalue weighted by Crippen LogP contribution is -2.52. The Hall–Kier alpha value is -3.01. The molecule has 0 spiro atoms. The van der Waals surface area contributed by atoms with Crippen LogP contribution in [0.1, 0.15) is 59.4 Å². The maximum absolute atomic E-state index is 11.7. The van der Waals surface area contributed by atoms with Gasteiger partial charge in [0.2, 0.25) is 0 Å². The molecule has 0 aliphatic rings. The maximum atomic E-state index is 11.7. The number of furan rings is 1. The van der Waals surface area contributed by atoms with Crippen molar-refractivity contribution in [3.63, 3.8) is 0 Å². The summed E-state index contributed by atoms with van der Waals surface area (Å²) in [6, 6.07) is 16.4. The molecule has 2 aromatic carbocycles. The molecule has 0 bridgehead atoms. The van der Waals surface area contributed by atoms with E-state index < -0.39 is 17.2 Å². The van der Waals surface area contributed by atoms with Crippen LogP contribution in [0.4, 0.5) is 0 Å². The second-order valence-corrected chi connectivity index (χ2v) is 9.21. The minimum absolute atomic E-state index is 0.478. The second-order valence-electron chi connectivity index (χ2n) is 9.21. The highest BCUT2D eigenvalue weighted by Crippen LogP contribution is 2.35. The summed E-state index contributed by atoms with van der Waals surface area (Å²) in [6.07, 6.45) is 6.00. The lowest BCUT2D eigenvalue weighted by atomic mass is 9.89. The third-order valence-corrected chi connectivity index (χ3v) is 6.14. The minimum atomic E-state index is -0.861. The van der Waals surface area contributed by atoms with Crippen molar-refractivity contribution in [1.29, 1.82) is 0 Å². The molecule has 0 amide bonds. The number of hydrogen-bond acceptors (Lipinski definition) is 4. The molecule has 0 unspecified atom stereocenters. The van der Waals surface area contributed by atoms with E-state index in [0.717, 1.165) is 34.8 Å². The third-order valence-electron chi connectivity index (χ3n) is 6.14. The molecule has 170 valence electrons. The van der Waals surface area contributed by atoms with Crippen molar-refractivity contribution < 1.29 is 18.7 Å². The van der Waals surface area contributed by atoms with Crippen molar-refractivity contribution >= 4 is 16.9 Å². The van der Waals surface area contributed by atoms with Crippen LogP contribution >= 0.6 is 0 Å². The predicted molar refractivity (Wildman–Crippen MR) is 130 cm³/mol. The normalized spacial score (nSPS) is 12.0. The number of fused-ring (bicyclic) bond motifs is 1. The summed E-state index contributed by atoms with van der Waals surface area (Å²) in [5.74, 6) is 1.00. The van der Waals surface area contributed by atoms with Gasteiger partial charge < -0.3 is 13.9 Å². The summed E-state index contributed by atoms with van der Waals surface area (Å²) >= 11 is 0. The fourth-order valence-electron chi connectivity index (χ4n) is 3.47. The Kier molecular flexibility index (Phi) is 7.12. The summed E-state index contributed by atoms with van der Waals surface area (Å²) in [4.78, 5) is 11.7. The van der Waals surface area contributed by atoms with Gasteiger partial charge >= 0.3 is 5.97 Å². The highest BCUT2D eigenvalue weighted by molar-refractivity contribution is 5.84. The monoisotopic (exact) mass is 434 g/mol. The lowest BCUT2D eigenvalue weighted by Gasteiger charge is -2.40. The van der Waals surface area contributed by atoms with Crippen LogP contribution in [0.5, 0.6) is 5.75 Å². The Labute approximate surface area is 191 Å². The van der Waals surface area contributed by atoms with E-state index in [1.807, 2.05) is 52.0 Å². The Bertz CT molecular complexity index is 1070. The van der Waals surface area contributed by atoms with Gasteiger partial charge in [0.15, 0.2) is 0 Å². The number of esters is 1. The van der Waals surface area contributed by atoms with Gasteiger partial charge in [-0.15, -0.1) is 0 Å². The number of carbonyl (C=O) groups is 1. The van der Waals surface area contributed by atoms with Crippen LogP contribution in [-0.2, 0) is 16.0 Å². The van der Waals surface area contributed by atoms with Gasteiger partial charge in [0.1, 0.15) is 28.3 Å². The molecule has 0 N–H and O–H groups in total. The first-order chi connectivity index (χ1) is 15.1. The molecule has 0 atom stereocenters. The molecule has 1 heterocycles. The van der Waals surface area contributed by atoms with Crippen LogP contribution in [0.2, 0.25) is 0 Å². The van der Waals surface area contributed by atoms with Gasteiger partial charge in [-0.2, -0.15) is 0 Å².